The molecular weight excluding hydrogens is 460 g/mol. The van der Waals surface area contributed by atoms with Gasteiger partial charge in [0.2, 0.25) is 0 Å². The Bertz CT molecular complexity index is 1420. The normalized spacial score (nSPS) is 10.7. The highest BCUT2D eigenvalue weighted by molar-refractivity contribution is 5.89. The molecule has 36 heavy (non-hydrogen) atoms. The van der Waals surface area contributed by atoms with Crippen LogP contribution in [-0.4, -0.2) is 37.5 Å². The minimum atomic E-state index is -1.05. The molecule has 1 amide bonds. The zero-order chi connectivity index (χ0) is 25.8. The Morgan fingerprint density at radius 3 is 2.31 bits per heavy atom. The summed E-state index contributed by atoms with van der Waals surface area (Å²) in [7, 11) is 4.73. The summed E-state index contributed by atoms with van der Waals surface area (Å²) in [4.78, 5) is 17.9. The van der Waals surface area contributed by atoms with Crippen LogP contribution in [0.15, 0.2) is 60.8 Å². The lowest BCUT2D eigenvalue weighted by atomic mass is 10.1. The van der Waals surface area contributed by atoms with Crippen molar-refractivity contribution in [3.63, 3.8) is 0 Å². The second-order valence-corrected chi connectivity index (χ2v) is 8.26. The average molecular weight is 489 g/mol. The summed E-state index contributed by atoms with van der Waals surface area (Å²) in [5, 5.41) is 10.7. The lowest BCUT2D eigenvalue weighted by Crippen LogP contribution is -2.29. The van der Waals surface area contributed by atoms with E-state index in [1.807, 2.05) is 56.3 Å². The van der Waals surface area contributed by atoms with Crippen molar-refractivity contribution in [2.75, 3.05) is 26.2 Å². The molecular formula is C28H28N2O6. The van der Waals surface area contributed by atoms with E-state index in [4.69, 9.17) is 18.9 Å². The number of nitrogens with zero attached hydrogens (tertiary/aromatic N) is 2. The van der Waals surface area contributed by atoms with Crippen LogP contribution in [0.1, 0.15) is 16.7 Å². The van der Waals surface area contributed by atoms with Crippen LogP contribution in [0.2, 0.25) is 0 Å². The highest BCUT2D eigenvalue weighted by atomic mass is 16.5. The number of hydrogen-bond acceptors (Lipinski definition) is 6. The second kappa shape index (κ2) is 10.4. The number of ether oxygens (including phenoxy) is 4. The molecule has 1 N–H and O–H groups in total. The molecule has 4 rings (SSSR count). The van der Waals surface area contributed by atoms with Gasteiger partial charge in [0.1, 0.15) is 17.2 Å². The Labute approximate surface area is 209 Å². The number of fused-ring (bicyclic) bond motifs is 1. The van der Waals surface area contributed by atoms with Gasteiger partial charge < -0.3 is 24.1 Å². The van der Waals surface area contributed by atoms with Crippen LogP contribution in [-0.2, 0) is 6.54 Å². The van der Waals surface area contributed by atoms with E-state index in [1.54, 1.807) is 39.7 Å². The van der Waals surface area contributed by atoms with Gasteiger partial charge >= 0.3 is 6.09 Å². The predicted octanol–water partition coefficient (Wildman–Crippen LogP) is 6.35. The molecule has 8 heteroatoms. The zero-order valence-electron chi connectivity index (χ0n) is 20.9. The van der Waals surface area contributed by atoms with E-state index in [9.17, 15) is 9.90 Å². The Morgan fingerprint density at radius 2 is 1.61 bits per heavy atom. The summed E-state index contributed by atoms with van der Waals surface area (Å²) < 4.78 is 22.4. The van der Waals surface area contributed by atoms with E-state index < -0.39 is 6.09 Å². The van der Waals surface area contributed by atoms with Gasteiger partial charge in [0.15, 0.2) is 11.5 Å². The third-order valence-electron chi connectivity index (χ3n) is 5.92. The molecule has 8 nitrogen and oxygen atoms in total. The van der Waals surface area contributed by atoms with E-state index in [1.165, 1.54) is 4.90 Å². The molecule has 1 aromatic heterocycles. The molecule has 186 valence electrons. The van der Waals surface area contributed by atoms with Gasteiger partial charge in [0, 0.05) is 17.6 Å². The van der Waals surface area contributed by atoms with Crippen LogP contribution in [0.25, 0.3) is 10.9 Å². The number of carbonyl (C=O) groups is 1. The lowest BCUT2D eigenvalue weighted by Gasteiger charge is -2.23. The Morgan fingerprint density at radius 1 is 0.861 bits per heavy atom. The standard InChI is InChI=1S/C28H28N2O6/c1-17-12-25(36-24-9-10-29-22-15-27(35-5)26(34-4)14-21(22)24)18(2)11-23(17)30(28(31)32)16-19-7-6-8-20(13-19)33-3/h6-15H,16H2,1-5H3,(H,31,32). The number of rotatable bonds is 8. The molecule has 0 unspecified atom stereocenters. The third-order valence-corrected chi connectivity index (χ3v) is 5.92. The van der Waals surface area contributed by atoms with Gasteiger partial charge in [-0.05, 0) is 66.9 Å². The van der Waals surface area contributed by atoms with Crippen molar-refractivity contribution in [3.05, 3.63) is 77.5 Å². The number of aromatic nitrogens is 1. The maximum Gasteiger partial charge on any atom is 0.412 e. The molecule has 0 saturated carbocycles. The minimum absolute atomic E-state index is 0.184. The number of anilines is 1. The summed E-state index contributed by atoms with van der Waals surface area (Å²) in [6.07, 6.45) is 0.621. The topological polar surface area (TPSA) is 90.4 Å². The zero-order valence-corrected chi connectivity index (χ0v) is 20.9. The second-order valence-electron chi connectivity index (χ2n) is 8.26. The van der Waals surface area contributed by atoms with Crippen molar-refractivity contribution in [3.8, 4) is 28.7 Å². The van der Waals surface area contributed by atoms with Crippen LogP contribution in [0.3, 0.4) is 0 Å². The first-order chi connectivity index (χ1) is 17.3. The molecule has 3 aromatic carbocycles. The molecule has 1 heterocycles. The highest BCUT2D eigenvalue weighted by Crippen LogP contribution is 2.39. The molecule has 0 fully saturated rings. The van der Waals surface area contributed by atoms with E-state index in [2.05, 4.69) is 4.98 Å². The van der Waals surface area contributed by atoms with Crippen LogP contribution < -0.4 is 23.8 Å². The first kappa shape index (κ1) is 24.7. The van der Waals surface area contributed by atoms with E-state index in [0.717, 1.165) is 22.1 Å². The molecule has 0 bridgehead atoms. The summed E-state index contributed by atoms with van der Waals surface area (Å²) in [5.41, 5.74) is 3.66. The first-order valence-corrected chi connectivity index (χ1v) is 11.3. The van der Waals surface area contributed by atoms with Gasteiger partial charge in [-0.15, -0.1) is 0 Å². The number of carboxylic acid groups (broad SMARTS) is 1. The largest absolute Gasteiger partial charge is 0.497 e. The smallest absolute Gasteiger partial charge is 0.412 e. The average Bonchev–Trinajstić information content (AvgIpc) is 2.88. The monoisotopic (exact) mass is 488 g/mol. The minimum Gasteiger partial charge on any atom is -0.497 e. The van der Waals surface area contributed by atoms with Crippen molar-refractivity contribution in [2.24, 2.45) is 0 Å². The summed E-state index contributed by atoms with van der Waals surface area (Å²) in [6.45, 7) is 3.93. The predicted molar refractivity (Wildman–Crippen MR) is 138 cm³/mol. The van der Waals surface area contributed by atoms with Crippen LogP contribution in [0.5, 0.6) is 28.7 Å². The van der Waals surface area contributed by atoms with Gasteiger partial charge in [-0.2, -0.15) is 0 Å². The van der Waals surface area contributed by atoms with Crippen molar-refractivity contribution < 1.29 is 28.8 Å². The fourth-order valence-electron chi connectivity index (χ4n) is 4.04. The molecule has 0 aliphatic rings. The van der Waals surface area contributed by atoms with Gasteiger partial charge in [-0.25, -0.2) is 4.79 Å². The van der Waals surface area contributed by atoms with Crippen LogP contribution in [0.4, 0.5) is 10.5 Å². The van der Waals surface area contributed by atoms with E-state index in [-0.39, 0.29) is 6.54 Å². The maximum atomic E-state index is 12.2. The SMILES string of the molecule is COc1cccc(CN(C(=O)O)c2cc(C)c(Oc3ccnc4cc(OC)c(OC)cc34)cc2C)c1. The molecule has 0 spiro atoms. The third kappa shape index (κ3) is 4.98. The highest BCUT2D eigenvalue weighted by Gasteiger charge is 2.20. The van der Waals surface area contributed by atoms with E-state index >= 15 is 0 Å². The van der Waals surface area contributed by atoms with Crippen molar-refractivity contribution >= 4 is 22.7 Å². The fourth-order valence-corrected chi connectivity index (χ4v) is 4.04. The summed E-state index contributed by atoms with van der Waals surface area (Å²) in [6, 6.07) is 16.4. The van der Waals surface area contributed by atoms with Gasteiger partial charge in [-0.1, -0.05) is 12.1 Å². The summed E-state index contributed by atoms with van der Waals surface area (Å²) >= 11 is 0. The Kier molecular flexibility index (Phi) is 7.15. The molecule has 4 aromatic rings. The number of hydrogen-bond donors (Lipinski definition) is 1. The molecule has 0 atom stereocenters. The van der Waals surface area contributed by atoms with Crippen molar-refractivity contribution in [1.82, 2.24) is 4.98 Å². The number of pyridine rings is 1. The van der Waals surface area contributed by atoms with Gasteiger partial charge in [0.05, 0.1) is 39.1 Å². The number of benzene rings is 3. The van der Waals surface area contributed by atoms with E-state index in [0.29, 0.717) is 40.0 Å². The summed E-state index contributed by atoms with van der Waals surface area (Å²) in [5.74, 6) is 3.04. The number of aryl methyl sites for hydroxylation is 2. The molecule has 0 aliphatic carbocycles. The number of amides is 1. The van der Waals surface area contributed by atoms with Crippen molar-refractivity contribution in [2.45, 2.75) is 20.4 Å². The number of methoxy groups -OCH3 is 3. The van der Waals surface area contributed by atoms with Gasteiger partial charge in [0.25, 0.3) is 0 Å². The fraction of sp³-hybridized carbons (Fsp3) is 0.214. The quantitative estimate of drug-likeness (QED) is 0.309. The molecule has 0 aliphatic heterocycles. The van der Waals surface area contributed by atoms with Crippen molar-refractivity contribution in [1.29, 1.82) is 0 Å². The Balaban J connectivity index is 1.69. The van der Waals surface area contributed by atoms with Crippen LogP contribution in [0, 0.1) is 13.8 Å². The first-order valence-electron chi connectivity index (χ1n) is 11.3. The van der Waals surface area contributed by atoms with Gasteiger partial charge in [-0.3, -0.25) is 9.88 Å². The molecule has 0 saturated heterocycles. The lowest BCUT2D eigenvalue weighted by molar-refractivity contribution is 0.201. The maximum absolute atomic E-state index is 12.2. The molecule has 0 radical (unpaired) electrons. The van der Waals surface area contributed by atoms with Crippen LogP contribution >= 0.6 is 0 Å². The Hall–Kier alpha value is -4.46.